The Balaban J connectivity index is 1.18. The molecule has 1 saturated heterocycles. The molecule has 3 heterocycles. The largest absolute Gasteiger partial charge is 0.454 e. The number of amidine groups is 1. The van der Waals surface area contributed by atoms with E-state index in [9.17, 15) is 9.59 Å². The van der Waals surface area contributed by atoms with Gasteiger partial charge in [-0.15, -0.1) is 0 Å². The van der Waals surface area contributed by atoms with Crippen molar-refractivity contribution in [3.63, 3.8) is 0 Å². The van der Waals surface area contributed by atoms with Crippen molar-refractivity contribution in [2.45, 2.75) is 12.8 Å². The molecule has 2 amide bonds. The molecule has 0 unspecified atom stereocenters. The van der Waals surface area contributed by atoms with Gasteiger partial charge in [-0.25, -0.2) is 4.99 Å². The number of primary amides is 1. The van der Waals surface area contributed by atoms with Gasteiger partial charge in [-0.2, -0.15) is 0 Å². The molecule has 2 aliphatic heterocycles. The van der Waals surface area contributed by atoms with Crippen molar-refractivity contribution in [1.29, 1.82) is 0 Å². The molecule has 192 valence electrons. The predicted molar refractivity (Wildman–Crippen MR) is 147 cm³/mol. The van der Waals surface area contributed by atoms with Crippen LogP contribution in [0.25, 0.3) is 10.9 Å². The number of amides is 2. The summed E-state index contributed by atoms with van der Waals surface area (Å²) in [6, 6.07) is 20.9. The maximum atomic E-state index is 13.2. The minimum absolute atomic E-state index is 0.0466. The number of para-hydroxylation sites is 3. The van der Waals surface area contributed by atoms with Gasteiger partial charge in [-0.05, 0) is 48.4 Å². The number of aromatic nitrogens is 1. The van der Waals surface area contributed by atoms with E-state index in [2.05, 4.69) is 9.88 Å². The molecule has 3 N–H and O–H groups in total. The topological polar surface area (TPSA) is 104 Å². The van der Waals surface area contributed by atoms with E-state index in [1.165, 1.54) is 0 Å². The highest BCUT2D eigenvalue weighted by Gasteiger charge is 2.28. The van der Waals surface area contributed by atoms with E-state index < -0.39 is 5.91 Å². The van der Waals surface area contributed by atoms with Gasteiger partial charge in [-0.3, -0.25) is 9.59 Å². The third kappa shape index (κ3) is 4.48. The van der Waals surface area contributed by atoms with E-state index >= 15 is 0 Å². The standard InChI is InChI=1S/C29H26ClN5O3/c30-18-9-11-24-21(17-18)29(33-23-7-3-4-8-25(23)38-24)35-15-13-34(14-16-35)26(36)12-10-20-19-5-1-2-6-22(19)32-27(20)28(31)37/h1-9,11,17,32H,10,12-16H2,(H2,31,37). The summed E-state index contributed by atoms with van der Waals surface area (Å²) in [5, 5.41) is 1.53. The Bertz CT molecular complexity index is 1590. The fourth-order valence-electron chi connectivity index (χ4n) is 5.16. The number of benzene rings is 3. The minimum atomic E-state index is -0.521. The van der Waals surface area contributed by atoms with Crippen molar-refractivity contribution < 1.29 is 14.3 Å². The lowest BCUT2D eigenvalue weighted by Gasteiger charge is -2.36. The Morgan fingerprint density at radius 1 is 0.974 bits per heavy atom. The molecule has 2 aliphatic rings. The molecular formula is C29H26ClN5O3. The van der Waals surface area contributed by atoms with E-state index in [0.29, 0.717) is 61.2 Å². The zero-order valence-corrected chi connectivity index (χ0v) is 21.4. The molecular weight excluding hydrogens is 502 g/mol. The monoisotopic (exact) mass is 527 g/mol. The van der Waals surface area contributed by atoms with Gasteiger partial charge in [0.1, 0.15) is 23.0 Å². The van der Waals surface area contributed by atoms with Crippen LogP contribution in [0.5, 0.6) is 11.5 Å². The van der Waals surface area contributed by atoms with E-state index in [1.807, 2.05) is 65.6 Å². The average molecular weight is 528 g/mol. The summed E-state index contributed by atoms with van der Waals surface area (Å²) >= 11 is 6.34. The van der Waals surface area contributed by atoms with Gasteiger partial charge < -0.3 is 25.3 Å². The van der Waals surface area contributed by atoms with Crippen molar-refractivity contribution in [2.75, 3.05) is 26.2 Å². The van der Waals surface area contributed by atoms with Crippen LogP contribution in [0.2, 0.25) is 5.02 Å². The Morgan fingerprint density at radius 3 is 2.55 bits per heavy atom. The molecule has 0 aliphatic carbocycles. The van der Waals surface area contributed by atoms with E-state index in [4.69, 9.17) is 27.1 Å². The molecule has 3 aromatic carbocycles. The number of nitrogens with zero attached hydrogens (tertiary/aromatic N) is 3. The highest BCUT2D eigenvalue weighted by molar-refractivity contribution is 6.31. The maximum absolute atomic E-state index is 13.2. The van der Waals surface area contributed by atoms with Crippen molar-refractivity contribution >= 4 is 45.8 Å². The molecule has 0 spiro atoms. The number of nitrogens with two attached hydrogens (primary N) is 1. The summed E-state index contributed by atoms with van der Waals surface area (Å²) in [6.45, 7) is 2.37. The SMILES string of the molecule is NC(=O)c1[nH]c2ccccc2c1CCC(=O)N1CCN(C2=Nc3ccccc3Oc3ccc(Cl)cc32)CC1. The predicted octanol–water partition coefficient (Wildman–Crippen LogP) is 4.88. The summed E-state index contributed by atoms with van der Waals surface area (Å²) in [5.41, 5.74) is 9.17. The van der Waals surface area contributed by atoms with Gasteiger partial charge in [0.05, 0.1) is 5.56 Å². The summed E-state index contributed by atoms with van der Waals surface area (Å²) in [5.74, 6) is 1.69. The van der Waals surface area contributed by atoms with Crippen LogP contribution in [0, 0.1) is 0 Å². The van der Waals surface area contributed by atoms with E-state index in [-0.39, 0.29) is 5.91 Å². The second-order valence-corrected chi connectivity index (χ2v) is 9.84. The highest BCUT2D eigenvalue weighted by Crippen LogP contribution is 2.39. The van der Waals surface area contributed by atoms with Crippen LogP contribution < -0.4 is 10.5 Å². The molecule has 0 saturated carbocycles. The lowest BCUT2D eigenvalue weighted by molar-refractivity contribution is -0.132. The second-order valence-electron chi connectivity index (χ2n) is 9.40. The number of rotatable bonds is 4. The number of aromatic amines is 1. The molecule has 6 rings (SSSR count). The smallest absolute Gasteiger partial charge is 0.265 e. The molecule has 38 heavy (non-hydrogen) atoms. The number of hydrogen-bond donors (Lipinski definition) is 2. The lowest BCUT2D eigenvalue weighted by Crippen LogP contribution is -2.50. The first-order valence-corrected chi connectivity index (χ1v) is 12.9. The molecule has 0 atom stereocenters. The number of halogens is 1. The van der Waals surface area contributed by atoms with Crippen LogP contribution in [0.3, 0.4) is 0 Å². The Morgan fingerprint density at radius 2 is 1.74 bits per heavy atom. The van der Waals surface area contributed by atoms with Gasteiger partial charge >= 0.3 is 0 Å². The van der Waals surface area contributed by atoms with Crippen molar-refractivity contribution in [3.8, 4) is 11.5 Å². The van der Waals surface area contributed by atoms with E-state index in [0.717, 1.165) is 33.6 Å². The number of carbonyl (C=O) groups is 2. The second kappa shape index (κ2) is 9.87. The number of aryl methyl sites for hydroxylation is 1. The van der Waals surface area contributed by atoms with Crippen molar-refractivity contribution in [2.24, 2.45) is 10.7 Å². The van der Waals surface area contributed by atoms with Crippen molar-refractivity contribution in [1.82, 2.24) is 14.8 Å². The zero-order chi connectivity index (χ0) is 26.2. The third-order valence-electron chi connectivity index (χ3n) is 7.07. The lowest BCUT2D eigenvalue weighted by atomic mass is 10.0. The maximum Gasteiger partial charge on any atom is 0.265 e. The summed E-state index contributed by atoms with van der Waals surface area (Å²) in [6.07, 6.45) is 0.733. The normalized spacial score (nSPS) is 14.8. The number of fused-ring (bicyclic) bond motifs is 3. The van der Waals surface area contributed by atoms with Crippen LogP contribution in [0.4, 0.5) is 5.69 Å². The third-order valence-corrected chi connectivity index (χ3v) is 7.31. The highest BCUT2D eigenvalue weighted by atomic mass is 35.5. The van der Waals surface area contributed by atoms with Crippen LogP contribution in [0.15, 0.2) is 71.7 Å². The zero-order valence-electron chi connectivity index (χ0n) is 20.6. The summed E-state index contributed by atoms with van der Waals surface area (Å²) < 4.78 is 6.16. The first-order chi connectivity index (χ1) is 18.5. The molecule has 4 aromatic rings. The van der Waals surface area contributed by atoms with Crippen LogP contribution >= 0.6 is 11.6 Å². The van der Waals surface area contributed by atoms with Gasteiger partial charge in [-0.1, -0.05) is 41.9 Å². The van der Waals surface area contributed by atoms with Crippen LogP contribution in [-0.4, -0.2) is 58.6 Å². The number of ether oxygens (including phenoxy) is 1. The Labute approximate surface area is 224 Å². The number of hydrogen-bond acceptors (Lipinski definition) is 5. The number of aliphatic imine (C=N–C) groups is 1. The van der Waals surface area contributed by atoms with Crippen molar-refractivity contribution in [3.05, 3.63) is 88.6 Å². The van der Waals surface area contributed by atoms with Gasteiger partial charge in [0.2, 0.25) is 5.91 Å². The van der Waals surface area contributed by atoms with Crippen LogP contribution in [0.1, 0.15) is 28.0 Å². The molecule has 0 bridgehead atoms. The fourth-order valence-corrected chi connectivity index (χ4v) is 5.34. The Kier molecular flexibility index (Phi) is 6.25. The fraction of sp³-hybridized carbons (Fsp3) is 0.207. The number of H-pyrrole nitrogens is 1. The molecule has 9 heteroatoms. The van der Waals surface area contributed by atoms with Gasteiger partial charge in [0, 0.05) is 48.5 Å². The molecule has 8 nitrogen and oxygen atoms in total. The van der Waals surface area contributed by atoms with Gasteiger partial charge in [0.25, 0.3) is 5.91 Å². The number of piperazine rings is 1. The average Bonchev–Trinajstić information content (AvgIpc) is 3.23. The molecule has 1 fully saturated rings. The molecule has 1 aromatic heterocycles. The van der Waals surface area contributed by atoms with Crippen LogP contribution in [-0.2, 0) is 11.2 Å². The first-order valence-electron chi connectivity index (χ1n) is 12.6. The summed E-state index contributed by atoms with van der Waals surface area (Å²) in [4.78, 5) is 37.3. The van der Waals surface area contributed by atoms with Gasteiger partial charge in [0.15, 0.2) is 5.75 Å². The number of nitrogens with one attached hydrogen (secondary N) is 1. The number of carbonyl (C=O) groups excluding carboxylic acids is 2. The molecule has 0 radical (unpaired) electrons. The Hall–Kier alpha value is -4.30. The summed E-state index contributed by atoms with van der Waals surface area (Å²) in [7, 11) is 0. The van der Waals surface area contributed by atoms with E-state index in [1.54, 1.807) is 6.07 Å². The first kappa shape index (κ1) is 24.1. The minimum Gasteiger partial charge on any atom is -0.454 e. The quantitative estimate of drug-likeness (QED) is 0.394.